The van der Waals surface area contributed by atoms with Crippen molar-refractivity contribution < 1.29 is 4.79 Å². The Kier molecular flexibility index (Phi) is 4.17. The quantitative estimate of drug-likeness (QED) is 0.778. The number of carbonyl (C=O) groups is 1. The summed E-state index contributed by atoms with van der Waals surface area (Å²) in [6, 6.07) is 8.20. The van der Waals surface area contributed by atoms with Crippen molar-refractivity contribution in [2.75, 3.05) is 0 Å². The summed E-state index contributed by atoms with van der Waals surface area (Å²) >= 11 is 0. The molecule has 2 nitrogen and oxygen atoms in total. The van der Waals surface area contributed by atoms with E-state index in [0.29, 0.717) is 13.0 Å². The van der Waals surface area contributed by atoms with Crippen LogP contribution < -0.4 is 5.32 Å². The molecule has 0 aromatic heterocycles. The van der Waals surface area contributed by atoms with E-state index in [9.17, 15) is 4.79 Å². The van der Waals surface area contributed by atoms with E-state index < -0.39 is 0 Å². The van der Waals surface area contributed by atoms with E-state index in [-0.39, 0.29) is 5.91 Å². The van der Waals surface area contributed by atoms with Crippen molar-refractivity contribution in [3.63, 3.8) is 0 Å². The van der Waals surface area contributed by atoms with E-state index in [4.69, 9.17) is 0 Å². The van der Waals surface area contributed by atoms with Gasteiger partial charge in [0.05, 0.1) is 0 Å². The first-order valence-corrected chi connectivity index (χ1v) is 5.04. The molecular weight excluding hydrogens is 174 g/mol. The van der Waals surface area contributed by atoms with Crippen LogP contribution in [0.15, 0.2) is 24.3 Å². The van der Waals surface area contributed by atoms with Gasteiger partial charge in [-0.05, 0) is 18.9 Å². The van der Waals surface area contributed by atoms with E-state index in [1.807, 2.05) is 19.1 Å². The van der Waals surface area contributed by atoms with Gasteiger partial charge >= 0.3 is 0 Å². The molecule has 0 heterocycles. The minimum Gasteiger partial charge on any atom is -0.352 e. The second-order valence-corrected chi connectivity index (χ2v) is 3.51. The Morgan fingerprint density at radius 1 is 1.29 bits per heavy atom. The maximum Gasteiger partial charge on any atom is 0.220 e. The molecule has 1 rings (SSSR count). The van der Waals surface area contributed by atoms with Gasteiger partial charge in [0.2, 0.25) is 5.91 Å². The molecule has 1 aromatic carbocycles. The summed E-state index contributed by atoms with van der Waals surface area (Å²) in [6.07, 6.45) is 1.52. The molecule has 0 aliphatic rings. The maximum atomic E-state index is 11.2. The number of amides is 1. The number of aryl methyl sites for hydroxylation is 1. The van der Waals surface area contributed by atoms with Crippen LogP contribution in [0.3, 0.4) is 0 Å². The van der Waals surface area contributed by atoms with Crippen molar-refractivity contribution in [3.8, 4) is 0 Å². The first-order chi connectivity index (χ1) is 6.72. The molecule has 1 aromatic rings. The van der Waals surface area contributed by atoms with Gasteiger partial charge < -0.3 is 5.32 Å². The Hall–Kier alpha value is -1.31. The lowest BCUT2D eigenvalue weighted by molar-refractivity contribution is -0.121. The highest BCUT2D eigenvalue weighted by molar-refractivity contribution is 5.75. The molecule has 1 N–H and O–H groups in total. The van der Waals surface area contributed by atoms with Gasteiger partial charge in [-0.1, -0.05) is 36.8 Å². The summed E-state index contributed by atoms with van der Waals surface area (Å²) in [5.41, 5.74) is 2.40. The van der Waals surface area contributed by atoms with Crippen molar-refractivity contribution in [1.82, 2.24) is 5.32 Å². The fourth-order valence-corrected chi connectivity index (χ4v) is 1.22. The van der Waals surface area contributed by atoms with Gasteiger partial charge in [0.1, 0.15) is 0 Å². The predicted molar refractivity (Wildman–Crippen MR) is 57.9 cm³/mol. The van der Waals surface area contributed by atoms with E-state index >= 15 is 0 Å². The number of carbonyl (C=O) groups excluding carboxylic acids is 1. The van der Waals surface area contributed by atoms with Gasteiger partial charge in [-0.2, -0.15) is 0 Å². The molecule has 14 heavy (non-hydrogen) atoms. The van der Waals surface area contributed by atoms with Crippen LogP contribution in [0.25, 0.3) is 0 Å². The van der Waals surface area contributed by atoms with Crippen molar-refractivity contribution in [1.29, 1.82) is 0 Å². The van der Waals surface area contributed by atoms with Crippen molar-refractivity contribution in [3.05, 3.63) is 35.4 Å². The molecule has 0 radical (unpaired) electrons. The number of hydrogen-bond acceptors (Lipinski definition) is 1. The highest BCUT2D eigenvalue weighted by Gasteiger charge is 1.98. The van der Waals surface area contributed by atoms with Crippen LogP contribution in [-0.2, 0) is 11.3 Å². The monoisotopic (exact) mass is 191 g/mol. The molecule has 0 aliphatic heterocycles. The van der Waals surface area contributed by atoms with Crippen LogP contribution in [0.2, 0.25) is 0 Å². The molecule has 76 valence electrons. The molecule has 0 bridgehead atoms. The summed E-state index contributed by atoms with van der Waals surface area (Å²) < 4.78 is 0. The molecule has 0 aliphatic carbocycles. The number of hydrogen-bond donors (Lipinski definition) is 1. The average Bonchev–Trinajstić information content (AvgIpc) is 2.17. The number of benzene rings is 1. The third-order valence-electron chi connectivity index (χ3n) is 2.09. The maximum absolute atomic E-state index is 11.2. The molecule has 0 atom stereocenters. The summed E-state index contributed by atoms with van der Waals surface area (Å²) in [4.78, 5) is 11.2. The van der Waals surface area contributed by atoms with E-state index in [0.717, 1.165) is 12.0 Å². The molecule has 0 saturated carbocycles. The average molecular weight is 191 g/mol. The first kappa shape index (κ1) is 10.8. The smallest absolute Gasteiger partial charge is 0.220 e. The Morgan fingerprint density at radius 3 is 2.50 bits per heavy atom. The summed E-state index contributed by atoms with van der Waals surface area (Å²) in [6.45, 7) is 4.70. The highest BCUT2D eigenvalue weighted by Crippen LogP contribution is 2.02. The van der Waals surface area contributed by atoms with E-state index in [2.05, 4.69) is 24.4 Å². The zero-order valence-electron chi connectivity index (χ0n) is 8.84. The minimum absolute atomic E-state index is 0.132. The minimum atomic E-state index is 0.132. The van der Waals surface area contributed by atoms with Crippen molar-refractivity contribution >= 4 is 5.91 Å². The van der Waals surface area contributed by atoms with Gasteiger partial charge in [-0.3, -0.25) is 4.79 Å². The van der Waals surface area contributed by atoms with Gasteiger partial charge in [0, 0.05) is 13.0 Å². The normalized spacial score (nSPS) is 9.86. The van der Waals surface area contributed by atoms with Crippen LogP contribution in [0.1, 0.15) is 30.9 Å². The fourth-order valence-electron chi connectivity index (χ4n) is 1.22. The highest BCUT2D eigenvalue weighted by atomic mass is 16.1. The van der Waals surface area contributed by atoms with Crippen LogP contribution in [0.4, 0.5) is 0 Å². The summed E-state index contributed by atoms with van der Waals surface area (Å²) in [5.74, 6) is 0.132. The molecule has 0 saturated heterocycles. The second-order valence-electron chi connectivity index (χ2n) is 3.51. The Balaban J connectivity index is 2.38. The second kappa shape index (κ2) is 5.43. The molecule has 2 heteroatoms. The number of rotatable bonds is 4. The molecule has 1 amide bonds. The lowest BCUT2D eigenvalue weighted by Gasteiger charge is -2.04. The Labute approximate surface area is 85.3 Å². The van der Waals surface area contributed by atoms with Crippen LogP contribution >= 0.6 is 0 Å². The Morgan fingerprint density at radius 2 is 1.93 bits per heavy atom. The molecule has 0 fully saturated rings. The number of nitrogens with one attached hydrogen (secondary N) is 1. The lowest BCUT2D eigenvalue weighted by Crippen LogP contribution is -2.21. The first-order valence-electron chi connectivity index (χ1n) is 5.04. The van der Waals surface area contributed by atoms with Crippen molar-refractivity contribution in [2.45, 2.75) is 33.2 Å². The van der Waals surface area contributed by atoms with Crippen LogP contribution in [0.5, 0.6) is 0 Å². The SMILES string of the molecule is CCCC(=O)NCc1ccc(C)cc1. The van der Waals surface area contributed by atoms with Crippen LogP contribution in [-0.4, -0.2) is 5.91 Å². The lowest BCUT2D eigenvalue weighted by atomic mass is 10.1. The van der Waals surface area contributed by atoms with Crippen molar-refractivity contribution in [2.24, 2.45) is 0 Å². The van der Waals surface area contributed by atoms with E-state index in [1.165, 1.54) is 5.56 Å². The van der Waals surface area contributed by atoms with Gasteiger partial charge in [-0.15, -0.1) is 0 Å². The Bertz CT molecular complexity index is 290. The van der Waals surface area contributed by atoms with E-state index in [1.54, 1.807) is 0 Å². The van der Waals surface area contributed by atoms with Gasteiger partial charge in [-0.25, -0.2) is 0 Å². The predicted octanol–water partition coefficient (Wildman–Crippen LogP) is 2.41. The molecular formula is C12H17NO. The topological polar surface area (TPSA) is 29.1 Å². The summed E-state index contributed by atoms with van der Waals surface area (Å²) in [5, 5.41) is 2.88. The standard InChI is InChI=1S/C12H17NO/c1-3-4-12(14)13-9-11-7-5-10(2)6-8-11/h5-8H,3-4,9H2,1-2H3,(H,13,14). The summed E-state index contributed by atoms with van der Waals surface area (Å²) in [7, 11) is 0. The fraction of sp³-hybridized carbons (Fsp3) is 0.417. The molecule has 0 spiro atoms. The zero-order valence-corrected chi connectivity index (χ0v) is 8.84. The largest absolute Gasteiger partial charge is 0.352 e. The van der Waals surface area contributed by atoms with Gasteiger partial charge in [0.25, 0.3) is 0 Å². The third-order valence-corrected chi connectivity index (χ3v) is 2.09. The molecule has 0 unspecified atom stereocenters. The van der Waals surface area contributed by atoms with Gasteiger partial charge in [0.15, 0.2) is 0 Å². The third kappa shape index (κ3) is 3.60. The zero-order chi connectivity index (χ0) is 10.4. The van der Waals surface area contributed by atoms with Crippen LogP contribution in [0, 0.1) is 6.92 Å².